The molecule has 0 atom stereocenters. The third kappa shape index (κ3) is 3.65. The number of morpholine rings is 1. The first-order chi connectivity index (χ1) is 14.3. The monoisotopic (exact) mass is 392 g/mol. The quantitative estimate of drug-likeness (QED) is 0.654. The van der Waals surface area contributed by atoms with Gasteiger partial charge in [-0.2, -0.15) is 0 Å². The zero-order chi connectivity index (χ0) is 19.6. The van der Waals surface area contributed by atoms with E-state index >= 15 is 0 Å². The summed E-state index contributed by atoms with van der Waals surface area (Å²) in [5.41, 5.74) is 0.876. The van der Waals surface area contributed by atoms with Crippen LogP contribution in [0.3, 0.4) is 0 Å². The van der Waals surface area contributed by atoms with Crippen molar-refractivity contribution in [3.05, 3.63) is 36.7 Å². The number of aromatic nitrogens is 5. The largest absolute Gasteiger partial charge is 0.378 e. The molecule has 29 heavy (non-hydrogen) atoms. The molecule has 2 aliphatic heterocycles. The van der Waals surface area contributed by atoms with Crippen LogP contribution in [0.15, 0.2) is 30.9 Å². The zero-order valence-electron chi connectivity index (χ0n) is 16.5. The highest BCUT2D eigenvalue weighted by Gasteiger charge is 2.22. The van der Waals surface area contributed by atoms with Crippen molar-refractivity contribution in [1.82, 2.24) is 24.9 Å². The second-order valence-corrected chi connectivity index (χ2v) is 7.30. The molecule has 0 unspecified atom stereocenters. The first kappa shape index (κ1) is 18.0. The van der Waals surface area contributed by atoms with Crippen molar-refractivity contribution in [3.63, 3.8) is 0 Å². The van der Waals surface area contributed by atoms with Crippen molar-refractivity contribution in [2.45, 2.75) is 6.92 Å². The third-order valence-corrected chi connectivity index (χ3v) is 5.47. The molecule has 0 aromatic carbocycles. The van der Waals surface area contributed by atoms with Crippen LogP contribution in [0, 0.1) is 6.92 Å². The fraction of sp³-hybridized carbons (Fsp3) is 0.450. The van der Waals surface area contributed by atoms with Gasteiger partial charge < -0.3 is 19.4 Å². The van der Waals surface area contributed by atoms with Crippen LogP contribution in [0.1, 0.15) is 5.82 Å². The minimum atomic E-state index is 0.749. The van der Waals surface area contributed by atoms with Crippen LogP contribution in [0.2, 0.25) is 0 Å². The normalized spacial score (nSPS) is 17.8. The highest BCUT2D eigenvalue weighted by atomic mass is 16.5. The molecule has 5 heterocycles. The van der Waals surface area contributed by atoms with E-state index in [-0.39, 0.29) is 0 Å². The van der Waals surface area contributed by atoms with Gasteiger partial charge in [0.05, 0.1) is 24.9 Å². The Labute approximate surface area is 169 Å². The number of fused-ring (bicyclic) bond motifs is 1. The van der Waals surface area contributed by atoms with Gasteiger partial charge in [0.25, 0.3) is 0 Å². The zero-order valence-corrected chi connectivity index (χ0v) is 16.5. The predicted octanol–water partition coefficient (Wildman–Crippen LogP) is 1.29. The Morgan fingerprint density at radius 2 is 1.55 bits per heavy atom. The molecule has 0 spiro atoms. The van der Waals surface area contributed by atoms with Gasteiger partial charge in [0.2, 0.25) is 0 Å². The molecule has 0 aliphatic carbocycles. The van der Waals surface area contributed by atoms with Crippen LogP contribution in [0.25, 0.3) is 10.9 Å². The second kappa shape index (κ2) is 7.75. The van der Waals surface area contributed by atoms with Gasteiger partial charge in [-0.25, -0.2) is 19.9 Å². The molecule has 0 N–H and O–H groups in total. The van der Waals surface area contributed by atoms with E-state index in [4.69, 9.17) is 9.72 Å². The maximum Gasteiger partial charge on any atom is 0.140 e. The van der Waals surface area contributed by atoms with Gasteiger partial charge >= 0.3 is 0 Å². The van der Waals surface area contributed by atoms with Crippen molar-refractivity contribution in [1.29, 1.82) is 0 Å². The van der Waals surface area contributed by atoms with E-state index in [9.17, 15) is 0 Å². The number of hydrogen-bond acceptors (Lipinski definition) is 9. The minimum Gasteiger partial charge on any atom is -0.378 e. The molecule has 5 rings (SSSR count). The van der Waals surface area contributed by atoms with E-state index in [1.54, 1.807) is 18.7 Å². The average molecular weight is 392 g/mol. The molecule has 2 aliphatic rings. The molecular formula is C20H24N8O. The molecular weight excluding hydrogens is 368 g/mol. The minimum absolute atomic E-state index is 0.749. The smallest absolute Gasteiger partial charge is 0.140 e. The Kier molecular flexibility index (Phi) is 4.81. The SMILES string of the molecule is Cc1nc(N2CCOCC2)cc(N2CCN(c3ncnc4cnccc34)CC2)n1. The number of piperazine rings is 1. The lowest BCUT2D eigenvalue weighted by Crippen LogP contribution is -2.47. The fourth-order valence-electron chi connectivity index (χ4n) is 3.95. The molecule has 0 amide bonds. The summed E-state index contributed by atoms with van der Waals surface area (Å²) < 4.78 is 5.47. The lowest BCUT2D eigenvalue weighted by molar-refractivity contribution is 0.122. The van der Waals surface area contributed by atoms with Gasteiger partial charge in [0, 0.05) is 56.9 Å². The van der Waals surface area contributed by atoms with E-state index in [0.717, 1.165) is 86.7 Å². The van der Waals surface area contributed by atoms with Gasteiger partial charge in [-0.3, -0.25) is 4.98 Å². The summed E-state index contributed by atoms with van der Waals surface area (Å²) in [6, 6.07) is 4.10. The van der Waals surface area contributed by atoms with Crippen molar-refractivity contribution in [3.8, 4) is 0 Å². The summed E-state index contributed by atoms with van der Waals surface area (Å²) >= 11 is 0. The van der Waals surface area contributed by atoms with Gasteiger partial charge in [-0.05, 0) is 13.0 Å². The summed E-state index contributed by atoms with van der Waals surface area (Å²) in [4.78, 5) is 29.3. The number of hydrogen-bond donors (Lipinski definition) is 0. The number of rotatable bonds is 3. The maximum atomic E-state index is 5.47. The molecule has 2 saturated heterocycles. The van der Waals surface area contributed by atoms with Gasteiger partial charge in [-0.1, -0.05) is 0 Å². The van der Waals surface area contributed by atoms with E-state index in [1.165, 1.54) is 0 Å². The molecule has 9 heteroatoms. The summed E-state index contributed by atoms with van der Waals surface area (Å²) in [5.74, 6) is 3.77. The van der Waals surface area contributed by atoms with E-state index in [2.05, 4.69) is 40.7 Å². The highest BCUT2D eigenvalue weighted by molar-refractivity contribution is 5.88. The molecule has 3 aromatic heterocycles. The van der Waals surface area contributed by atoms with Crippen molar-refractivity contribution < 1.29 is 4.74 Å². The fourth-order valence-corrected chi connectivity index (χ4v) is 3.95. The van der Waals surface area contributed by atoms with E-state index in [1.807, 2.05) is 13.0 Å². The second-order valence-electron chi connectivity index (χ2n) is 7.30. The maximum absolute atomic E-state index is 5.47. The molecule has 2 fully saturated rings. The van der Waals surface area contributed by atoms with Crippen molar-refractivity contribution in [2.24, 2.45) is 0 Å². The van der Waals surface area contributed by atoms with Gasteiger partial charge in [-0.15, -0.1) is 0 Å². The predicted molar refractivity (Wildman–Crippen MR) is 112 cm³/mol. The van der Waals surface area contributed by atoms with E-state index < -0.39 is 0 Å². The van der Waals surface area contributed by atoms with Crippen LogP contribution in [0.4, 0.5) is 17.5 Å². The Bertz CT molecular complexity index is 993. The number of ether oxygens (including phenoxy) is 1. The highest BCUT2D eigenvalue weighted by Crippen LogP contribution is 2.25. The summed E-state index contributed by atoms with van der Waals surface area (Å²) in [6.45, 7) is 8.74. The Morgan fingerprint density at radius 3 is 2.31 bits per heavy atom. The van der Waals surface area contributed by atoms with Crippen LogP contribution in [0.5, 0.6) is 0 Å². The summed E-state index contributed by atoms with van der Waals surface area (Å²) in [5, 5.41) is 1.04. The van der Waals surface area contributed by atoms with Gasteiger partial charge in [0.15, 0.2) is 0 Å². The first-order valence-electron chi connectivity index (χ1n) is 10.0. The van der Waals surface area contributed by atoms with E-state index in [0.29, 0.717) is 0 Å². The van der Waals surface area contributed by atoms with Gasteiger partial charge in [0.1, 0.15) is 29.6 Å². The Morgan fingerprint density at radius 1 is 0.862 bits per heavy atom. The lowest BCUT2D eigenvalue weighted by Gasteiger charge is -2.37. The third-order valence-electron chi connectivity index (χ3n) is 5.47. The van der Waals surface area contributed by atoms with Crippen LogP contribution >= 0.6 is 0 Å². The number of nitrogens with zero attached hydrogens (tertiary/aromatic N) is 8. The molecule has 9 nitrogen and oxygen atoms in total. The topological polar surface area (TPSA) is 83.4 Å². The number of pyridine rings is 1. The van der Waals surface area contributed by atoms with Crippen molar-refractivity contribution in [2.75, 3.05) is 67.2 Å². The number of anilines is 3. The first-order valence-corrected chi connectivity index (χ1v) is 10.0. The number of aryl methyl sites for hydroxylation is 1. The molecule has 150 valence electrons. The molecule has 3 aromatic rings. The van der Waals surface area contributed by atoms with Crippen LogP contribution in [-0.4, -0.2) is 77.4 Å². The summed E-state index contributed by atoms with van der Waals surface area (Å²) in [6.07, 6.45) is 5.20. The standard InChI is InChI=1S/C20H24N8O/c1-15-24-18(12-19(25-15)27-8-10-29-11-9-27)26-4-6-28(7-5-26)20-16-2-3-21-13-17(16)22-14-23-20/h2-3,12-14H,4-11H2,1H3. The molecule has 0 saturated carbocycles. The Hall–Kier alpha value is -3.07. The lowest BCUT2D eigenvalue weighted by atomic mass is 10.2. The summed E-state index contributed by atoms with van der Waals surface area (Å²) in [7, 11) is 0. The average Bonchev–Trinajstić information content (AvgIpc) is 2.79. The molecule has 0 radical (unpaired) electrons. The van der Waals surface area contributed by atoms with Crippen molar-refractivity contribution >= 4 is 28.4 Å². The molecule has 0 bridgehead atoms. The van der Waals surface area contributed by atoms with Crippen LogP contribution in [-0.2, 0) is 4.74 Å². The van der Waals surface area contributed by atoms with Crippen LogP contribution < -0.4 is 14.7 Å². The Balaban J connectivity index is 1.33.